The first-order valence-corrected chi connectivity index (χ1v) is 9.96. The van der Waals surface area contributed by atoms with Gasteiger partial charge in [0.1, 0.15) is 5.82 Å². The number of guanidine groups is 1. The molecular weight excluding hydrogens is 356 g/mol. The summed E-state index contributed by atoms with van der Waals surface area (Å²) in [6.07, 6.45) is 7.68. The average Bonchev–Trinajstić information content (AvgIpc) is 3.32. The molecule has 6 nitrogen and oxygen atoms in total. The zero-order valence-corrected chi connectivity index (χ0v) is 16.7. The molecule has 0 unspecified atom stereocenters. The van der Waals surface area contributed by atoms with Crippen LogP contribution in [-0.2, 0) is 25.9 Å². The van der Waals surface area contributed by atoms with Crippen molar-refractivity contribution in [2.45, 2.75) is 32.9 Å². The van der Waals surface area contributed by atoms with Gasteiger partial charge in [-0.15, -0.1) is 11.3 Å². The fourth-order valence-corrected chi connectivity index (χ4v) is 3.58. The predicted octanol–water partition coefficient (Wildman–Crippen LogP) is 2.80. The Balaban J connectivity index is 1.45. The first-order chi connectivity index (χ1) is 13.2. The van der Waals surface area contributed by atoms with E-state index in [0.717, 1.165) is 42.7 Å². The third kappa shape index (κ3) is 5.92. The number of aliphatic imine (C=N–C) groups is 1. The normalized spacial score (nSPS) is 11.6. The lowest BCUT2D eigenvalue weighted by atomic mass is 10.1. The molecule has 0 aliphatic rings. The number of benzene rings is 1. The van der Waals surface area contributed by atoms with Crippen molar-refractivity contribution >= 4 is 17.3 Å². The highest BCUT2D eigenvalue weighted by molar-refractivity contribution is 7.11. The Morgan fingerprint density at radius 2 is 2.00 bits per heavy atom. The standard InChI is InChI=1S/C20H26N6S/c1-16-14-24-19(27-16)8-10-23-20(21-2)25-15-18-22-11-13-26(18)12-9-17-6-4-3-5-7-17/h3-7,11,13-14H,8-10,12,15H2,1-2H3,(H2,21,23,25). The third-order valence-corrected chi connectivity index (χ3v) is 5.20. The average molecular weight is 383 g/mol. The first kappa shape index (κ1) is 19.1. The molecule has 3 rings (SSSR count). The summed E-state index contributed by atoms with van der Waals surface area (Å²) in [4.78, 5) is 14.4. The number of rotatable bonds is 8. The molecule has 0 saturated heterocycles. The van der Waals surface area contributed by atoms with Gasteiger partial charge in [0.25, 0.3) is 0 Å². The molecule has 0 radical (unpaired) electrons. The van der Waals surface area contributed by atoms with Crippen molar-refractivity contribution < 1.29 is 0 Å². The molecule has 0 bridgehead atoms. The number of hydrogen-bond acceptors (Lipinski definition) is 4. The van der Waals surface area contributed by atoms with Crippen LogP contribution in [0.2, 0.25) is 0 Å². The van der Waals surface area contributed by atoms with E-state index in [9.17, 15) is 0 Å². The maximum atomic E-state index is 4.47. The lowest BCUT2D eigenvalue weighted by Gasteiger charge is -2.12. The summed E-state index contributed by atoms with van der Waals surface area (Å²) in [6, 6.07) is 10.5. The molecule has 27 heavy (non-hydrogen) atoms. The van der Waals surface area contributed by atoms with E-state index in [-0.39, 0.29) is 0 Å². The smallest absolute Gasteiger partial charge is 0.191 e. The molecule has 0 saturated carbocycles. The Kier molecular flexibility index (Phi) is 6.98. The van der Waals surface area contributed by atoms with Crippen LogP contribution in [0.5, 0.6) is 0 Å². The van der Waals surface area contributed by atoms with E-state index in [4.69, 9.17) is 0 Å². The maximum Gasteiger partial charge on any atom is 0.191 e. The Morgan fingerprint density at radius 1 is 1.15 bits per heavy atom. The van der Waals surface area contributed by atoms with Crippen molar-refractivity contribution in [3.8, 4) is 0 Å². The molecule has 2 N–H and O–H groups in total. The second kappa shape index (κ2) is 9.87. The van der Waals surface area contributed by atoms with E-state index in [1.54, 1.807) is 18.4 Å². The van der Waals surface area contributed by atoms with E-state index < -0.39 is 0 Å². The molecule has 0 aliphatic heterocycles. The highest BCUT2D eigenvalue weighted by Crippen LogP contribution is 2.10. The van der Waals surface area contributed by atoms with Crippen LogP contribution in [-0.4, -0.2) is 34.1 Å². The van der Waals surface area contributed by atoms with Gasteiger partial charge in [0, 0.05) is 50.0 Å². The minimum Gasteiger partial charge on any atom is -0.356 e. The largest absolute Gasteiger partial charge is 0.356 e. The molecular formula is C20H26N6S. The van der Waals surface area contributed by atoms with Gasteiger partial charge in [-0.1, -0.05) is 30.3 Å². The van der Waals surface area contributed by atoms with Crippen molar-refractivity contribution in [3.63, 3.8) is 0 Å². The second-order valence-corrected chi connectivity index (χ2v) is 7.56. The number of aromatic nitrogens is 3. The molecule has 1 aromatic carbocycles. The van der Waals surface area contributed by atoms with Gasteiger partial charge >= 0.3 is 0 Å². The molecule has 7 heteroatoms. The summed E-state index contributed by atoms with van der Waals surface area (Å²) in [5, 5.41) is 7.82. The van der Waals surface area contributed by atoms with Crippen molar-refractivity contribution in [2.75, 3.05) is 13.6 Å². The lowest BCUT2D eigenvalue weighted by molar-refractivity contribution is 0.634. The monoisotopic (exact) mass is 382 g/mol. The molecule has 2 heterocycles. The minimum absolute atomic E-state index is 0.637. The van der Waals surface area contributed by atoms with Gasteiger partial charge in [-0.2, -0.15) is 0 Å². The number of nitrogens with one attached hydrogen (secondary N) is 2. The van der Waals surface area contributed by atoms with E-state index in [0.29, 0.717) is 6.54 Å². The van der Waals surface area contributed by atoms with Crippen LogP contribution in [0.1, 0.15) is 21.3 Å². The fourth-order valence-electron chi connectivity index (χ4n) is 2.79. The van der Waals surface area contributed by atoms with Crippen LogP contribution >= 0.6 is 11.3 Å². The lowest BCUT2D eigenvalue weighted by Crippen LogP contribution is -2.38. The topological polar surface area (TPSA) is 67.1 Å². The highest BCUT2D eigenvalue weighted by Gasteiger charge is 2.05. The van der Waals surface area contributed by atoms with Crippen LogP contribution in [0, 0.1) is 6.92 Å². The second-order valence-electron chi connectivity index (χ2n) is 6.24. The Bertz CT molecular complexity index is 852. The van der Waals surface area contributed by atoms with Crippen molar-refractivity contribution in [1.29, 1.82) is 0 Å². The summed E-state index contributed by atoms with van der Waals surface area (Å²) in [5.74, 6) is 1.78. The Morgan fingerprint density at radius 3 is 2.74 bits per heavy atom. The number of aryl methyl sites for hydroxylation is 3. The molecule has 0 atom stereocenters. The van der Waals surface area contributed by atoms with Crippen LogP contribution in [0.15, 0.2) is 53.9 Å². The quantitative estimate of drug-likeness (QED) is 0.464. The predicted molar refractivity (Wildman–Crippen MR) is 111 cm³/mol. The zero-order chi connectivity index (χ0) is 18.9. The number of nitrogens with zero attached hydrogens (tertiary/aromatic N) is 4. The summed E-state index contributed by atoms with van der Waals surface area (Å²) in [5.41, 5.74) is 1.33. The van der Waals surface area contributed by atoms with Gasteiger partial charge in [-0.3, -0.25) is 4.99 Å². The summed E-state index contributed by atoms with van der Waals surface area (Å²) in [6.45, 7) is 4.43. The number of thiazole rings is 1. The van der Waals surface area contributed by atoms with E-state index in [1.165, 1.54) is 10.4 Å². The summed E-state index contributed by atoms with van der Waals surface area (Å²) >= 11 is 1.74. The summed E-state index contributed by atoms with van der Waals surface area (Å²) < 4.78 is 2.19. The van der Waals surface area contributed by atoms with Gasteiger partial charge in [0.15, 0.2) is 5.96 Å². The van der Waals surface area contributed by atoms with Gasteiger partial charge in [0.2, 0.25) is 0 Å². The molecule has 0 aliphatic carbocycles. The van der Waals surface area contributed by atoms with E-state index in [2.05, 4.69) is 61.4 Å². The van der Waals surface area contributed by atoms with Gasteiger partial charge in [0.05, 0.1) is 11.6 Å². The van der Waals surface area contributed by atoms with Crippen molar-refractivity contribution in [2.24, 2.45) is 4.99 Å². The van der Waals surface area contributed by atoms with Crippen molar-refractivity contribution in [1.82, 2.24) is 25.2 Å². The molecule has 0 spiro atoms. The molecule has 142 valence electrons. The highest BCUT2D eigenvalue weighted by atomic mass is 32.1. The van der Waals surface area contributed by atoms with Crippen LogP contribution in [0.25, 0.3) is 0 Å². The first-order valence-electron chi connectivity index (χ1n) is 9.14. The number of hydrogen-bond donors (Lipinski definition) is 2. The molecule has 2 aromatic heterocycles. The maximum absolute atomic E-state index is 4.47. The molecule has 0 fully saturated rings. The van der Waals surface area contributed by atoms with Crippen LogP contribution in [0.3, 0.4) is 0 Å². The van der Waals surface area contributed by atoms with Crippen LogP contribution < -0.4 is 10.6 Å². The van der Waals surface area contributed by atoms with Gasteiger partial charge < -0.3 is 15.2 Å². The molecule has 3 aromatic rings. The molecule has 0 amide bonds. The van der Waals surface area contributed by atoms with Crippen LogP contribution in [0.4, 0.5) is 0 Å². The van der Waals surface area contributed by atoms with Crippen molar-refractivity contribution in [3.05, 3.63) is 70.2 Å². The fraction of sp³-hybridized carbons (Fsp3) is 0.350. The number of imidazole rings is 1. The van der Waals surface area contributed by atoms with Gasteiger partial charge in [-0.25, -0.2) is 9.97 Å². The zero-order valence-electron chi connectivity index (χ0n) is 15.9. The van der Waals surface area contributed by atoms with E-state index >= 15 is 0 Å². The SMILES string of the molecule is CN=C(NCCc1ncc(C)s1)NCc1nccn1CCc1ccccc1. The summed E-state index contributed by atoms with van der Waals surface area (Å²) in [7, 11) is 1.78. The Hall–Kier alpha value is -2.67. The minimum atomic E-state index is 0.637. The third-order valence-electron chi connectivity index (χ3n) is 4.22. The van der Waals surface area contributed by atoms with Gasteiger partial charge in [-0.05, 0) is 18.9 Å². The van der Waals surface area contributed by atoms with E-state index in [1.807, 2.05) is 24.7 Å². The Labute approximate surface area is 164 Å².